The SMILES string of the molecule is C=C(C)C(=O)OCC(COC(=O)C(=C)C)OC(=O)CCCCCCCC(CCCCCCCCC)SCCCP(=O)(O)O. The van der Waals surface area contributed by atoms with Gasteiger partial charge in [-0.25, -0.2) is 9.59 Å². The fraction of sp³-hybridized carbons (Fsp3) is 0.781. The quantitative estimate of drug-likeness (QED) is 0.0286. The number of rotatable bonds is 28. The lowest BCUT2D eigenvalue weighted by Crippen LogP contribution is -2.31. The summed E-state index contributed by atoms with van der Waals surface area (Å²) in [6, 6.07) is 0. The predicted molar refractivity (Wildman–Crippen MR) is 174 cm³/mol. The second kappa shape index (κ2) is 25.7. The highest BCUT2D eigenvalue weighted by Crippen LogP contribution is 2.36. The van der Waals surface area contributed by atoms with Gasteiger partial charge in [0, 0.05) is 22.8 Å². The van der Waals surface area contributed by atoms with Gasteiger partial charge in [-0.3, -0.25) is 9.36 Å². The zero-order valence-corrected chi connectivity index (χ0v) is 28.5. The maximum atomic E-state index is 12.4. The summed E-state index contributed by atoms with van der Waals surface area (Å²) >= 11 is 1.85. The average molecular weight is 649 g/mol. The van der Waals surface area contributed by atoms with Gasteiger partial charge in [0.15, 0.2) is 6.10 Å². The van der Waals surface area contributed by atoms with Crippen molar-refractivity contribution < 1.29 is 42.9 Å². The van der Waals surface area contributed by atoms with E-state index in [1.165, 1.54) is 58.8 Å². The van der Waals surface area contributed by atoms with E-state index in [0.717, 1.165) is 44.3 Å². The van der Waals surface area contributed by atoms with Crippen molar-refractivity contribution in [3.05, 3.63) is 24.3 Å². The van der Waals surface area contributed by atoms with Crippen molar-refractivity contribution in [2.24, 2.45) is 0 Å². The Kier molecular flexibility index (Phi) is 24.7. The summed E-state index contributed by atoms with van der Waals surface area (Å²) < 4.78 is 26.7. The Morgan fingerprint density at radius 2 is 1.21 bits per heavy atom. The van der Waals surface area contributed by atoms with Crippen LogP contribution in [0.1, 0.15) is 124 Å². The van der Waals surface area contributed by atoms with E-state index in [4.69, 9.17) is 24.0 Å². The van der Waals surface area contributed by atoms with Crippen LogP contribution in [-0.4, -0.2) is 64.2 Å². The Morgan fingerprint density at radius 1 is 0.744 bits per heavy atom. The predicted octanol–water partition coefficient (Wildman–Crippen LogP) is 7.68. The molecular formula is C32H57O9PS. The van der Waals surface area contributed by atoms with Crippen molar-refractivity contribution in [1.82, 2.24) is 0 Å². The van der Waals surface area contributed by atoms with Crippen molar-refractivity contribution in [3.63, 3.8) is 0 Å². The summed E-state index contributed by atoms with van der Waals surface area (Å²) in [7, 11) is -3.93. The first kappa shape index (κ1) is 41.4. The molecule has 0 rings (SSSR count). The summed E-state index contributed by atoms with van der Waals surface area (Å²) in [6.07, 6.45) is 15.6. The Hall–Kier alpha value is -1.61. The van der Waals surface area contributed by atoms with E-state index in [2.05, 4.69) is 20.1 Å². The molecule has 1 unspecified atom stereocenters. The Labute approximate surface area is 264 Å². The van der Waals surface area contributed by atoms with E-state index in [1.54, 1.807) is 0 Å². The van der Waals surface area contributed by atoms with Crippen molar-refractivity contribution in [1.29, 1.82) is 0 Å². The van der Waals surface area contributed by atoms with E-state index in [0.29, 0.717) is 18.1 Å². The molecule has 0 spiro atoms. The number of thioether (sulfide) groups is 1. The molecule has 11 heteroatoms. The molecule has 0 aromatic carbocycles. The fourth-order valence-corrected chi connectivity index (χ4v) is 6.37. The molecule has 0 saturated heterocycles. The van der Waals surface area contributed by atoms with Crippen molar-refractivity contribution in [2.75, 3.05) is 25.1 Å². The lowest BCUT2D eigenvalue weighted by atomic mass is 10.0. The van der Waals surface area contributed by atoms with Gasteiger partial charge in [0.25, 0.3) is 0 Å². The molecule has 0 radical (unpaired) electrons. The molecule has 0 aromatic rings. The van der Waals surface area contributed by atoms with Gasteiger partial charge in [-0.15, -0.1) is 0 Å². The Bertz CT molecular complexity index is 841. The lowest BCUT2D eigenvalue weighted by molar-refractivity contribution is -0.164. The smallest absolute Gasteiger partial charge is 0.333 e. The normalized spacial score (nSPS) is 12.1. The molecular weight excluding hydrogens is 591 g/mol. The second-order valence-electron chi connectivity index (χ2n) is 11.3. The molecule has 0 aromatic heterocycles. The van der Waals surface area contributed by atoms with Crippen LogP contribution < -0.4 is 0 Å². The minimum Gasteiger partial charge on any atom is -0.458 e. The topological polar surface area (TPSA) is 136 Å². The molecule has 0 bridgehead atoms. The van der Waals surface area contributed by atoms with E-state index >= 15 is 0 Å². The number of unbranched alkanes of at least 4 members (excludes halogenated alkanes) is 10. The molecule has 2 N–H and O–H groups in total. The number of hydrogen-bond acceptors (Lipinski definition) is 8. The van der Waals surface area contributed by atoms with Gasteiger partial charge in [-0.05, 0) is 45.3 Å². The van der Waals surface area contributed by atoms with Crippen molar-refractivity contribution >= 4 is 37.3 Å². The van der Waals surface area contributed by atoms with Crippen LogP contribution in [0, 0.1) is 0 Å². The largest absolute Gasteiger partial charge is 0.458 e. The molecule has 250 valence electrons. The number of esters is 3. The molecule has 0 aliphatic carbocycles. The Balaban J connectivity index is 4.41. The molecule has 0 heterocycles. The number of carbonyl (C=O) groups is 3. The zero-order chi connectivity index (χ0) is 32.5. The molecule has 9 nitrogen and oxygen atoms in total. The zero-order valence-electron chi connectivity index (χ0n) is 26.8. The molecule has 0 aliphatic rings. The molecule has 0 saturated carbocycles. The molecule has 0 aliphatic heterocycles. The van der Waals surface area contributed by atoms with Gasteiger partial charge in [0.05, 0.1) is 6.16 Å². The monoisotopic (exact) mass is 648 g/mol. The molecule has 0 amide bonds. The van der Waals surface area contributed by atoms with E-state index in [-0.39, 0.29) is 36.9 Å². The highest BCUT2D eigenvalue weighted by molar-refractivity contribution is 7.99. The van der Waals surface area contributed by atoms with Crippen LogP contribution in [0.5, 0.6) is 0 Å². The van der Waals surface area contributed by atoms with Crippen LogP contribution in [0.15, 0.2) is 24.3 Å². The minimum atomic E-state index is -3.93. The summed E-state index contributed by atoms with van der Waals surface area (Å²) in [5.74, 6) is -0.897. The maximum Gasteiger partial charge on any atom is 0.333 e. The third kappa shape index (κ3) is 26.5. The lowest BCUT2D eigenvalue weighted by Gasteiger charge is -2.18. The van der Waals surface area contributed by atoms with Crippen LogP contribution in [0.25, 0.3) is 0 Å². The Morgan fingerprint density at radius 3 is 1.67 bits per heavy atom. The van der Waals surface area contributed by atoms with E-state index in [9.17, 15) is 18.9 Å². The van der Waals surface area contributed by atoms with Crippen LogP contribution in [0.3, 0.4) is 0 Å². The van der Waals surface area contributed by atoms with Crippen LogP contribution in [0.2, 0.25) is 0 Å². The van der Waals surface area contributed by atoms with Crippen LogP contribution in [-0.2, 0) is 33.2 Å². The molecule has 43 heavy (non-hydrogen) atoms. The fourth-order valence-electron chi connectivity index (χ4n) is 4.28. The van der Waals surface area contributed by atoms with Gasteiger partial charge in [-0.1, -0.05) is 90.7 Å². The second-order valence-corrected chi connectivity index (χ2v) is 14.5. The number of carbonyl (C=O) groups excluding carboxylic acids is 3. The standard InChI is InChI=1S/C32H57O9PS/c1-6-7-8-9-10-12-15-19-29(43-23-18-22-42(36,37)38)20-16-13-11-14-17-21-30(33)41-28(24-39-31(34)26(2)3)25-40-32(35)27(4)5/h28-29H,2,4,6-25H2,1,3,5H3,(H2,36,37,38). The average Bonchev–Trinajstić information content (AvgIpc) is 2.93. The summed E-state index contributed by atoms with van der Waals surface area (Å²) in [4.78, 5) is 54.1. The minimum absolute atomic E-state index is 0.0490. The highest BCUT2D eigenvalue weighted by Gasteiger charge is 2.20. The van der Waals surface area contributed by atoms with Gasteiger partial charge >= 0.3 is 25.5 Å². The van der Waals surface area contributed by atoms with Crippen molar-refractivity contribution in [2.45, 2.75) is 135 Å². The summed E-state index contributed by atoms with van der Waals surface area (Å²) in [5.41, 5.74) is 0.429. The van der Waals surface area contributed by atoms with Crippen LogP contribution in [0.4, 0.5) is 0 Å². The first-order valence-electron chi connectivity index (χ1n) is 15.9. The highest BCUT2D eigenvalue weighted by atomic mass is 32.2. The van der Waals surface area contributed by atoms with Gasteiger partial charge < -0.3 is 24.0 Å². The first-order valence-corrected chi connectivity index (χ1v) is 18.7. The van der Waals surface area contributed by atoms with Crippen LogP contribution >= 0.6 is 19.4 Å². The van der Waals surface area contributed by atoms with E-state index in [1.807, 2.05) is 11.8 Å². The molecule has 1 atom stereocenters. The number of ether oxygens (including phenoxy) is 3. The van der Waals surface area contributed by atoms with Gasteiger partial charge in [0.1, 0.15) is 13.2 Å². The maximum absolute atomic E-state index is 12.4. The number of hydrogen-bond donors (Lipinski definition) is 2. The van der Waals surface area contributed by atoms with Gasteiger partial charge in [-0.2, -0.15) is 11.8 Å². The summed E-state index contributed by atoms with van der Waals surface area (Å²) in [6.45, 7) is 11.8. The third-order valence-electron chi connectivity index (χ3n) is 6.78. The molecule has 0 fully saturated rings. The van der Waals surface area contributed by atoms with Gasteiger partial charge in [0.2, 0.25) is 0 Å². The first-order chi connectivity index (χ1) is 20.4. The van der Waals surface area contributed by atoms with Crippen molar-refractivity contribution in [3.8, 4) is 0 Å². The van der Waals surface area contributed by atoms with E-state index < -0.39 is 31.6 Å². The third-order valence-corrected chi connectivity index (χ3v) is 9.15. The summed E-state index contributed by atoms with van der Waals surface area (Å²) in [5, 5.41) is 0.511.